The second kappa shape index (κ2) is 13.1. The van der Waals surface area contributed by atoms with Crippen molar-refractivity contribution >= 4 is 11.8 Å². The maximum Gasteiger partial charge on any atom is 0.303 e. The lowest BCUT2D eigenvalue weighted by molar-refractivity contribution is -0.136. The van der Waals surface area contributed by atoms with E-state index in [-0.39, 0.29) is 24.0 Å². The minimum absolute atomic E-state index is 0.109. The first-order valence-corrected chi connectivity index (χ1v) is 9.29. The maximum atomic E-state index is 11.9. The van der Waals surface area contributed by atoms with Gasteiger partial charge in [-0.1, -0.05) is 61.6 Å². The van der Waals surface area contributed by atoms with Gasteiger partial charge in [0.25, 0.3) is 0 Å². The highest BCUT2D eigenvalue weighted by molar-refractivity contribution is 5.95. The third kappa shape index (κ3) is 9.33. The molecule has 0 heterocycles. The van der Waals surface area contributed by atoms with Gasteiger partial charge in [-0.3, -0.25) is 9.59 Å². The van der Waals surface area contributed by atoms with Gasteiger partial charge in [-0.2, -0.15) is 0 Å². The van der Waals surface area contributed by atoms with Gasteiger partial charge in [0.1, 0.15) is 0 Å². The van der Waals surface area contributed by atoms with E-state index in [2.05, 4.69) is 24.3 Å². The van der Waals surface area contributed by atoms with Gasteiger partial charge >= 0.3 is 5.97 Å². The van der Waals surface area contributed by atoms with Crippen LogP contribution in [0.3, 0.4) is 0 Å². The van der Waals surface area contributed by atoms with Crippen LogP contribution in [0.5, 0.6) is 0 Å². The van der Waals surface area contributed by atoms with Crippen molar-refractivity contribution in [3.63, 3.8) is 0 Å². The Morgan fingerprint density at radius 1 is 1.15 bits per heavy atom. The zero-order valence-electron chi connectivity index (χ0n) is 15.5. The summed E-state index contributed by atoms with van der Waals surface area (Å²) >= 11 is 0. The summed E-state index contributed by atoms with van der Waals surface area (Å²) in [5, 5.41) is 18.1. The molecular weight excluding hydrogens is 328 g/mol. The molecule has 0 fully saturated rings. The van der Waals surface area contributed by atoms with E-state index >= 15 is 0 Å². The molecule has 4 nitrogen and oxygen atoms in total. The van der Waals surface area contributed by atoms with Gasteiger partial charge in [-0.25, -0.2) is 0 Å². The van der Waals surface area contributed by atoms with Gasteiger partial charge < -0.3 is 10.2 Å². The van der Waals surface area contributed by atoms with Crippen molar-refractivity contribution in [3.8, 4) is 0 Å². The fourth-order valence-corrected chi connectivity index (χ4v) is 2.63. The van der Waals surface area contributed by atoms with E-state index in [1.807, 2.05) is 31.2 Å². The molecule has 0 saturated carbocycles. The lowest BCUT2D eigenvalue weighted by Gasteiger charge is -2.13. The van der Waals surface area contributed by atoms with Crippen LogP contribution in [0.2, 0.25) is 0 Å². The summed E-state index contributed by atoms with van der Waals surface area (Å²) in [5.41, 5.74) is 0. The van der Waals surface area contributed by atoms with Crippen molar-refractivity contribution < 1.29 is 19.8 Å². The lowest BCUT2D eigenvalue weighted by atomic mass is 9.91. The van der Waals surface area contributed by atoms with E-state index < -0.39 is 12.1 Å². The molecule has 0 unspecified atom stereocenters. The van der Waals surface area contributed by atoms with Crippen LogP contribution in [0.4, 0.5) is 0 Å². The van der Waals surface area contributed by atoms with Crippen LogP contribution in [-0.2, 0) is 9.59 Å². The highest BCUT2D eigenvalue weighted by Gasteiger charge is 2.26. The van der Waals surface area contributed by atoms with Crippen LogP contribution in [0.15, 0.2) is 60.8 Å². The number of aliphatic carboxylic acids is 1. The van der Waals surface area contributed by atoms with Gasteiger partial charge in [-0.05, 0) is 44.1 Å². The Morgan fingerprint density at radius 3 is 2.46 bits per heavy atom. The Hall–Kier alpha value is -2.20. The van der Waals surface area contributed by atoms with Crippen LogP contribution >= 0.6 is 0 Å². The Kier molecular flexibility index (Phi) is 11.0. The average molecular weight is 358 g/mol. The molecule has 0 saturated heterocycles. The van der Waals surface area contributed by atoms with Gasteiger partial charge in [-0.15, -0.1) is 0 Å². The molecule has 2 N–H and O–H groups in total. The van der Waals surface area contributed by atoms with Crippen molar-refractivity contribution in [1.29, 1.82) is 0 Å². The largest absolute Gasteiger partial charge is 0.481 e. The fraction of sp³-hybridized carbons (Fsp3) is 0.455. The van der Waals surface area contributed by atoms with Gasteiger partial charge in [0.05, 0.1) is 6.10 Å². The van der Waals surface area contributed by atoms with Crippen LogP contribution in [0, 0.1) is 11.8 Å². The topological polar surface area (TPSA) is 74.6 Å². The van der Waals surface area contributed by atoms with Gasteiger partial charge in [0.2, 0.25) is 0 Å². The second-order valence-corrected chi connectivity index (χ2v) is 6.37. The minimum Gasteiger partial charge on any atom is -0.481 e. The minimum atomic E-state index is -0.770. The van der Waals surface area contributed by atoms with Crippen LogP contribution < -0.4 is 0 Å². The molecule has 0 aliphatic heterocycles. The summed E-state index contributed by atoms with van der Waals surface area (Å²) in [6.07, 6.45) is 22.7. The first-order chi connectivity index (χ1) is 12.5. The number of allylic oxidation sites excluding steroid dienone is 9. The zero-order valence-corrected chi connectivity index (χ0v) is 15.5. The predicted octanol–water partition coefficient (Wildman–Crippen LogP) is 4.39. The number of rotatable bonds is 12. The van der Waals surface area contributed by atoms with Crippen molar-refractivity contribution in [1.82, 2.24) is 0 Å². The molecule has 1 aliphatic rings. The van der Waals surface area contributed by atoms with Gasteiger partial charge in [0, 0.05) is 12.3 Å². The Balaban J connectivity index is 2.27. The number of aliphatic hydroxyl groups excluding tert-OH is 1. The van der Waals surface area contributed by atoms with Crippen LogP contribution in [-0.4, -0.2) is 28.1 Å². The van der Waals surface area contributed by atoms with Crippen molar-refractivity contribution in [2.24, 2.45) is 11.8 Å². The average Bonchev–Trinajstić information content (AvgIpc) is 2.97. The summed E-state index contributed by atoms with van der Waals surface area (Å²) in [6, 6.07) is 0. The molecule has 3 atom stereocenters. The smallest absolute Gasteiger partial charge is 0.303 e. The maximum absolute atomic E-state index is 11.9. The summed E-state index contributed by atoms with van der Waals surface area (Å²) < 4.78 is 0. The Bertz CT molecular complexity index is 581. The quantitative estimate of drug-likeness (QED) is 0.507. The molecule has 0 aromatic carbocycles. The number of hydrogen-bond donors (Lipinski definition) is 2. The van der Waals surface area contributed by atoms with Crippen molar-refractivity contribution in [2.45, 2.75) is 51.6 Å². The fourth-order valence-electron chi connectivity index (χ4n) is 2.63. The third-order valence-electron chi connectivity index (χ3n) is 4.23. The first-order valence-electron chi connectivity index (χ1n) is 9.29. The number of carbonyl (C=O) groups excluding carboxylic acids is 1. The first kappa shape index (κ1) is 21.8. The highest BCUT2D eigenvalue weighted by Crippen LogP contribution is 2.27. The lowest BCUT2D eigenvalue weighted by Crippen LogP contribution is -2.13. The summed E-state index contributed by atoms with van der Waals surface area (Å²) in [5.74, 6) is -0.654. The summed E-state index contributed by atoms with van der Waals surface area (Å²) in [7, 11) is 0. The van der Waals surface area contributed by atoms with E-state index in [1.165, 1.54) is 0 Å². The van der Waals surface area contributed by atoms with Gasteiger partial charge in [0.15, 0.2) is 5.78 Å². The zero-order chi connectivity index (χ0) is 19.2. The molecule has 0 spiro atoms. The Morgan fingerprint density at radius 2 is 1.81 bits per heavy atom. The van der Waals surface area contributed by atoms with Crippen molar-refractivity contribution in [3.05, 3.63) is 60.8 Å². The standard InChI is InChI=1S/C22H30O4/c1-2-19(23)15-16-20-18(14-17-21(20)24)12-10-8-6-4-3-5-7-9-11-13-22(25)26/h3-4,7-10,14-20,23H,2,5-6,11-13H2,1H3,(H,25,26)/b4-3-,9-7-,10-8-,16-15+/t18-,19-,20-/m0/s1. The SMILES string of the molecule is CC[C@H](O)/C=C/[C@@H]1C(=O)C=C[C@@H]1C/C=C\C/C=C\C/C=C\CCC(=O)O. The van der Waals surface area contributed by atoms with E-state index in [0.717, 1.165) is 19.3 Å². The number of aliphatic hydroxyl groups is 1. The molecule has 0 aromatic rings. The Labute approximate surface area is 156 Å². The number of carbonyl (C=O) groups is 2. The molecule has 1 rings (SSSR count). The van der Waals surface area contributed by atoms with E-state index in [4.69, 9.17) is 5.11 Å². The molecule has 1 aliphatic carbocycles. The number of carboxylic acid groups (broad SMARTS) is 1. The summed E-state index contributed by atoms with van der Waals surface area (Å²) in [4.78, 5) is 22.3. The summed E-state index contributed by atoms with van der Waals surface area (Å²) in [6.45, 7) is 1.91. The predicted molar refractivity (Wildman–Crippen MR) is 105 cm³/mol. The molecule has 0 bridgehead atoms. The highest BCUT2D eigenvalue weighted by atomic mass is 16.4. The van der Waals surface area contributed by atoms with Crippen molar-refractivity contribution in [2.75, 3.05) is 0 Å². The van der Waals surface area contributed by atoms with Crippen LogP contribution in [0.1, 0.15) is 45.4 Å². The number of hydrogen-bond acceptors (Lipinski definition) is 3. The molecule has 142 valence electrons. The van der Waals surface area contributed by atoms with E-state index in [0.29, 0.717) is 12.8 Å². The number of ketones is 1. The van der Waals surface area contributed by atoms with E-state index in [1.54, 1.807) is 12.2 Å². The molecule has 0 aromatic heterocycles. The second-order valence-electron chi connectivity index (χ2n) is 6.37. The van der Waals surface area contributed by atoms with E-state index in [9.17, 15) is 14.7 Å². The normalized spacial score (nSPS) is 21.8. The van der Waals surface area contributed by atoms with Crippen LogP contribution in [0.25, 0.3) is 0 Å². The molecular formula is C22H30O4. The molecule has 0 radical (unpaired) electrons. The molecule has 0 amide bonds. The molecule has 26 heavy (non-hydrogen) atoms. The third-order valence-corrected chi connectivity index (χ3v) is 4.23. The molecule has 4 heteroatoms. The monoisotopic (exact) mass is 358 g/mol. The number of carboxylic acids is 1.